The summed E-state index contributed by atoms with van der Waals surface area (Å²) in [7, 11) is 3.06. The van der Waals surface area contributed by atoms with E-state index < -0.39 is 12.0 Å². The first-order valence-electron chi connectivity index (χ1n) is 8.22. The maximum Gasteiger partial charge on any atom is 0.328 e. The summed E-state index contributed by atoms with van der Waals surface area (Å²) >= 11 is 0. The number of nitrogens with zero attached hydrogens (tertiary/aromatic N) is 1. The molecule has 0 spiro atoms. The molecule has 0 aromatic heterocycles. The molecule has 0 bridgehead atoms. The van der Waals surface area contributed by atoms with Crippen LogP contribution in [-0.4, -0.2) is 49.4 Å². The fourth-order valence-electron chi connectivity index (χ4n) is 2.12. The minimum absolute atomic E-state index is 0.0591. The molecule has 0 aliphatic rings. The summed E-state index contributed by atoms with van der Waals surface area (Å²) < 4.78 is 4.59. The van der Waals surface area contributed by atoms with Gasteiger partial charge in [0, 0.05) is 26.1 Å². The van der Waals surface area contributed by atoms with Gasteiger partial charge in [-0.15, -0.1) is 0 Å². The zero-order chi connectivity index (χ0) is 18.8. The molecule has 1 aromatic carbocycles. The molecule has 25 heavy (non-hydrogen) atoms. The molecule has 1 N–H and O–H groups in total. The summed E-state index contributed by atoms with van der Waals surface area (Å²) in [6.45, 7) is 3.84. The fraction of sp³-hybridized carbons (Fsp3) is 0.421. The van der Waals surface area contributed by atoms with Crippen molar-refractivity contribution in [2.45, 2.75) is 32.7 Å². The molecule has 0 saturated carbocycles. The lowest BCUT2D eigenvalue weighted by Crippen LogP contribution is -2.39. The number of ether oxygens (including phenoxy) is 1. The van der Waals surface area contributed by atoms with Gasteiger partial charge in [0.15, 0.2) is 0 Å². The van der Waals surface area contributed by atoms with E-state index >= 15 is 0 Å². The van der Waals surface area contributed by atoms with Crippen LogP contribution >= 0.6 is 0 Å². The first kappa shape index (κ1) is 20.4. The molecular weight excluding hydrogens is 320 g/mol. The summed E-state index contributed by atoms with van der Waals surface area (Å²) in [5.74, 6) is -0.750. The number of carbonyl (C=O) groups is 3. The highest BCUT2D eigenvalue weighted by atomic mass is 16.5. The van der Waals surface area contributed by atoms with Crippen molar-refractivity contribution in [3.05, 3.63) is 41.5 Å². The van der Waals surface area contributed by atoms with Gasteiger partial charge in [0.05, 0.1) is 7.11 Å². The van der Waals surface area contributed by atoms with Crippen LogP contribution in [-0.2, 0) is 14.3 Å². The highest BCUT2D eigenvalue weighted by Crippen LogP contribution is 2.09. The van der Waals surface area contributed by atoms with Gasteiger partial charge >= 0.3 is 5.97 Å². The normalized spacial score (nSPS) is 11.8. The van der Waals surface area contributed by atoms with Gasteiger partial charge in [-0.3, -0.25) is 9.59 Å². The van der Waals surface area contributed by atoms with Crippen molar-refractivity contribution in [2.24, 2.45) is 0 Å². The van der Waals surface area contributed by atoms with Crippen LogP contribution in [0.15, 0.2) is 30.3 Å². The highest BCUT2D eigenvalue weighted by molar-refractivity contribution is 5.97. The largest absolute Gasteiger partial charge is 0.467 e. The number of allylic oxidation sites excluding steroid dienone is 1. The average molecular weight is 346 g/mol. The fourth-order valence-corrected chi connectivity index (χ4v) is 2.12. The van der Waals surface area contributed by atoms with E-state index in [-0.39, 0.29) is 11.8 Å². The third-order valence-corrected chi connectivity index (χ3v) is 3.76. The Balaban J connectivity index is 2.56. The second-order valence-corrected chi connectivity index (χ2v) is 5.83. The number of benzene rings is 1. The molecule has 136 valence electrons. The molecule has 0 saturated heterocycles. The zero-order valence-electron chi connectivity index (χ0n) is 15.2. The lowest BCUT2D eigenvalue weighted by Gasteiger charge is -2.13. The van der Waals surface area contributed by atoms with E-state index in [1.807, 2.05) is 18.2 Å². The smallest absolute Gasteiger partial charge is 0.328 e. The summed E-state index contributed by atoms with van der Waals surface area (Å²) in [6, 6.07) is 6.45. The van der Waals surface area contributed by atoms with Gasteiger partial charge in [-0.1, -0.05) is 24.3 Å². The second-order valence-electron chi connectivity index (χ2n) is 5.83. The predicted molar refractivity (Wildman–Crippen MR) is 97.0 cm³/mol. The van der Waals surface area contributed by atoms with E-state index in [2.05, 4.69) is 10.1 Å². The minimum Gasteiger partial charge on any atom is -0.467 e. The Morgan fingerprint density at radius 3 is 2.68 bits per heavy atom. The Morgan fingerprint density at radius 1 is 1.32 bits per heavy atom. The molecule has 0 heterocycles. The number of nitrogens with one attached hydrogen (secondary N) is 1. The summed E-state index contributed by atoms with van der Waals surface area (Å²) in [6.07, 6.45) is 5.67. The van der Waals surface area contributed by atoms with E-state index in [1.165, 1.54) is 7.11 Å². The zero-order valence-corrected chi connectivity index (χ0v) is 15.2. The van der Waals surface area contributed by atoms with Gasteiger partial charge in [-0.25, -0.2) is 4.79 Å². The number of unbranched alkanes of at least 4 members (excludes halogenated alkanes) is 1. The van der Waals surface area contributed by atoms with Crippen LogP contribution in [0.1, 0.15) is 42.6 Å². The van der Waals surface area contributed by atoms with Crippen LogP contribution in [0.25, 0.3) is 6.08 Å². The van der Waals surface area contributed by atoms with Gasteiger partial charge in [0.1, 0.15) is 6.04 Å². The van der Waals surface area contributed by atoms with Crippen molar-refractivity contribution in [1.29, 1.82) is 0 Å². The quantitative estimate of drug-likeness (QED) is 0.579. The molecule has 0 fully saturated rings. The first-order valence-corrected chi connectivity index (χ1v) is 8.22. The lowest BCUT2D eigenvalue weighted by molar-refractivity contribution is -0.142. The molecule has 1 rings (SSSR count). The number of carbonyl (C=O) groups excluding carboxylic acids is 3. The molecule has 0 aliphatic heterocycles. The maximum atomic E-state index is 12.2. The topological polar surface area (TPSA) is 75.7 Å². The third-order valence-electron chi connectivity index (χ3n) is 3.76. The monoisotopic (exact) mass is 346 g/mol. The predicted octanol–water partition coefficient (Wildman–Crippen LogP) is 2.25. The van der Waals surface area contributed by atoms with Crippen LogP contribution in [0.2, 0.25) is 0 Å². The van der Waals surface area contributed by atoms with Crippen molar-refractivity contribution in [1.82, 2.24) is 10.2 Å². The third kappa shape index (κ3) is 7.20. The van der Waals surface area contributed by atoms with E-state index in [0.717, 1.165) is 18.4 Å². The Morgan fingerprint density at radius 2 is 2.04 bits per heavy atom. The Labute approximate surface area is 148 Å². The number of methoxy groups -OCH3 is 1. The van der Waals surface area contributed by atoms with E-state index in [0.29, 0.717) is 12.1 Å². The van der Waals surface area contributed by atoms with Gasteiger partial charge < -0.3 is 15.0 Å². The van der Waals surface area contributed by atoms with Crippen LogP contribution in [0.5, 0.6) is 0 Å². The van der Waals surface area contributed by atoms with Gasteiger partial charge in [-0.2, -0.15) is 0 Å². The molecule has 0 radical (unpaired) electrons. The molecule has 6 heteroatoms. The molecule has 2 amide bonds. The maximum absolute atomic E-state index is 12.2. The van der Waals surface area contributed by atoms with Gasteiger partial charge in [-0.05, 0) is 37.5 Å². The second kappa shape index (κ2) is 10.3. The molecule has 1 unspecified atom stereocenters. The number of esters is 1. The molecule has 0 aliphatic carbocycles. The van der Waals surface area contributed by atoms with E-state index in [1.54, 1.807) is 44.0 Å². The summed E-state index contributed by atoms with van der Waals surface area (Å²) in [4.78, 5) is 36.3. The van der Waals surface area contributed by atoms with Crippen molar-refractivity contribution < 1.29 is 19.1 Å². The number of rotatable bonds is 8. The minimum atomic E-state index is -0.699. The van der Waals surface area contributed by atoms with Crippen molar-refractivity contribution in [3.8, 4) is 0 Å². The van der Waals surface area contributed by atoms with E-state index in [4.69, 9.17) is 0 Å². The van der Waals surface area contributed by atoms with Gasteiger partial charge in [0.25, 0.3) is 5.91 Å². The first-order chi connectivity index (χ1) is 11.8. The standard InChI is InChI=1S/C19H26N2O4/c1-14(19(24)25-4)20-18(23)17-11-8-10-16(13-17)9-6-5-7-12-21(3)15(2)22/h6,8-11,13-14H,5,7,12H2,1-4H3,(H,20,23). The Kier molecular flexibility index (Phi) is 8.39. The van der Waals surface area contributed by atoms with Gasteiger partial charge in [0.2, 0.25) is 5.91 Å². The number of hydrogen-bond acceptors (Lipinski definition) is 4. The Bertz CT molecular complexity index is 640. The molecule has 6 nitrogen and oxygen atoms in total. The van der Waals surface area contributed by atoms with Crippen LogP contribution < -0.4 is 5.32 Å². The Hall–Kier alpha value is -2.63. The van der Waals surface area contributed by atoms with Crippen molar-refractivity contribution in [3.63, 3.8) is 0 Å². The summed E-state index contributed by atoms with van der Waals surface area (Å²) in [5.41, 5.74) is 1.38. The van der Waals surface area contributed by atoms with Crippen LogP contribution in [0.4, 0.5) is 0 Å². The average Bonchev–Trinajstić information content (AvgIpc) is 2.60. The van der Waals surface area contributed by atoms with E-state index in [9.17, 15) is 14.4 Å². The SMILES string of the molecule is COC(=O)C(C)NC(=O)c1cccc(C=CCCCN(C)C(C)=O)c1. The molecule has 1 aromatic rings. The van der Waals surface area contributed by atoms with Crippen molar-refractivity contribution >= 4 is 23.9 Å². The number of hydrogen-bond donors (Lipinski definition) is 1. The lowest BCUT2D eigenvalue weighted by atomic mass is 10.1. The summed E-state index contributed by atoms with van der Waals surface area (Å²) in [5, 5.41) is 2.60. The molecular formula is C19H26N2O4. The number of amides is 2. The van der Waals surface area contributed by atoms with Crippen LogP contribution in [0.3, 0.4) is 0 Å². The molecule has 1 atom stereocenters. The van der Waals surface area contributed by atoms with Crippen LogP contribution in [0, 0.1) is 0 Å². The highest BCUT2D eigenvalue weighted by Gasteiger charge is 2.16. The van der Waals surface area contributed by atoms with Crippen molar-refractivity contribution in [2.75, 3.05) is 20.7 Å².